The van der Waals surface area contributed by atoms with E-state index >= 15 is 0 Å². The fraction of sp³-hybridized carbons (Fsp3) is 0.371. The summed E-state index contributed by atoms with van der Waals surface area (Å²) >= 11 is 0. The molecule has 3 atom stereocenters. The van der Waals surface area contributed by atoms with Crippen LogP contribution in [-0.2, 0) is 35.3 Å². The number of esters is 1. The number of nitrogens with zero attached hydrogens (tertiary/aromatic N) is 1. The number of hydrogen-bond donors (Lipinski definition) is 3. The number of nitrogens with one attached hydrogen (secondary N) is 3. The van der Waals surface area contributed by atoms with Crippen molar-refractivity contribution in [3.8, 4) is 0 Å². The summed E-state index contributed by atoms with van der Waals surface area (Å²) in [5, 5.41) is 9.01. The van der Waals surface area contributed by atoms with Crippen molar-refractivity contribution in [3.05, 3.63) is 96.1 Å². The van der Waals surface area contributed by atoms with Gasteiger partial charge in [-0.1, -0.05) is 87.5 Å². The van der Waals surface area contributed by atoms with Crippen LogP contribution in [0, 0.1) is 5.41 Å². The Morgan fingerprint density at radius 3 is 2.24 bits per heavy atom. The Hall–Kier alpha value is -4.70. The Balaban J connectivity index is 1.50. The highest BCUT2D eigenvalue weighted by Gasteiger charge is 2.38. The lowest BCUT2D eigenvalue weighted by molar-refractivity contribution is -0.151. The van der Waals surface area contributed by atoms with E-state index in [2.05, 4.69) is 16.0 Å². The van der Waals surface area contributed by atoms with Crippen LogP contribution in [0.15, 0.2) is 84.9 Å². The number of rotatable bonds is 12. The van der Waals surface area contributed by atoms with E-state index in [-0.39, 0.29) is 25.0 Å². The van der Waals surface area contributed by atoms with Gasteiger partial charge in [0.15, 0.2) is 0 Å². The van der Waals surface area contributed by atoms with Crippen molar-refractivity contribution in [2.75, 3.05) is 30.9 Å². The monoisotopic (exact) mass is 614 g/mol. The first-order valence-corrected chi connectivity index (χ1v) is 15.1. The topological polar surface area (TPSA) is 126 Å². The van der Waals surface area contributed by atoms with Gasteiger partial charge in [0.1, 0.15) is 18.1 Å². The summed E-state index contributed by atoms with van der Waals surface area (Å²) in [6.45, 7) is 6.04. The van der Waals surface area contributed by atoms with Gasteiger partial charge in [-0.05, 0) is 42.2 Å². The number of anilines is 2. The first-order chi connectivity index (χ1) is 21.6. The van der Waals surface area contributed by atoms with E-state index in [0.29, 0.717) is 30.8 Å². The number of ether oxygens (including phenoxy) is 2. The summed E-state index contributed by atoms with van der Waals surface area (Å²) in [5.74, 6) is -1.40. The molecule has 0 aliphatic carbocycles. The molecule has 0 spiro atoms. The fourth-order valence-electron chi connectivity index (χ4n) is 5.02. The molecule has 10 nitrogen and oxygen atoms in total. The minimum absolute atomic E-state index is 0.0255. The van der Waals surface area contributed by atoms with Gasteiger partial charge in [-0.15, -0.1) is 0 Å². The van der Waals surface area contributed by atoms with Crippen LogP contribution < -0.4 is 16.0 Å². The summed E-state index contributed by atoms with van der Waals surface area (Å²) in [7, 11) is 1.32. The maximum Gasteiger partial charge on any atom is 0.328 e. The highest BCUT2D eigenvalue weighted by molar-refractivity contribution is 5.98. The molecule has 1 saturated heterocycles. The smallest absolute Gasteiger partial charge is 0.328 e. The van der Waals surface area contributed by atoms with Crippen molar-refractivity contribution in [1.82, 2.24) is 10.2 Å². The molecule has 1 aliphatic rings. The highest BCUT2D eigenvalue weighted by atomic mass is 16.5. The molecule has 3 aromatic carbocycles. The first kappa shape index (κ1) is 33.2. The number of benzene rings is 3. The van der Waals surface area contributed by atoms with Gasteiger partial charge in [0.05, 0.1) is 20.3 Å². The van der Waals surface area contributed by atoms with Crippen molar-refractivity contribution in [2.24, 2.45) is 5.41 Å². The summed E-state index contributed by atoms with van der Waals surface area (Å²) in [5.41, 5.74) is 2.03. The zero-order valence-corrected chi connectivity index (χ0v) is 26.2. The summed E-state index contributed by atoms with van der Waals surface area (Å²) < 4.78 is 10.8. The predicted octanol–water partition coefficient (Wildman–Crippen LogP) is 4.69. The van der Waals surface area contributed by atoms with Crippen molar-refractivity contribution < 1.29 is 28.7 Å². The highest BCUT2D eigenvalue weighted by Crippen LogP contribution is 2.28. The molecule has 10 heteroatoms. The minimum atomic E-state index is -0.943. The maximum absolute atomic E-state index is 13.9. The number of amides is 3. The van der Waals surface area contributed by atoms with Crippen LogP contribution in [0.25, 0.3) is 0 Å². The van der Waals surface area contributed by atoms with E-state index in [9.17, 15) is 19.2 Å². The van der Waals surface area contributed by atoms with Gasteiger partial charge in [0.25, 0.3) is 0 Å². The van der Waals surface area contributed by atoms with E-state index < -0.39 is 35.4 Å². The standard InChI is InChI=1S/C35H42N4O6/c1-35(2,3)34(43)38-28(23-45-22-24-13-7-5-8-14-24)31(40)37-27-18-11-17-26(21-27)36-30(25-15-9-6-10-16-25)32(41)39-20-12-19-29(39)33(42)44-4/h5-11,13-18,21,28-30,36H,12,19-20,22-23H2,1-4H3,(H,37,40)(H,38,43). The average Bonchev–Trinajstić information content (AvgIpc) is 3.53. The molecule has 45 heavy (non-hydrogen) atoms. The molecule has 1 fully saturated rings. The van der Waals surface area contributed by atoms with Crippen molar-refractivity contribution in [1.29, 1.82) is 0 Å². The normalized spacial score (nSPS) is 15.9. The van der Waals surface area contributed by atoms with Gasteiger partial charge in [-0.3, -0.25) is 14.4 Å². The Bertz CT molecular complexity index is 1460. The Morgan fingerprint density at radius 1 is 0.911 bits per heavy atom. The molecule has 0 radical (unpaired) electrons. The molecule has 1 heterocycles. The predicted molar refractivity (Wildman–Crippen MR) is 172 cm³/mol. The third kappa shape index (κ3) is 9.15. The molecule has 0 aromatic heterocycles. The third-order valence-electron chi connectivity index (χ3n) is 7.53. The molecule has 0 bridgehead atoms. The van der Waals surface area contributed by atoms with Crippen LogP contribution in [0.4, 0.5) is 11.4 Å². The fourth-order valence-corrected chi connectivity index (χ4v) is 5.02. The lowest BCUT2D eigenvalue weighted by Gasteiger charge is -2.29. The van der Waals surface area contributed by atoms with E-state index in [1.54, 1.807) is 49.9 Å². The lowest BCUT2D eigenvalue weighted by Crippen LogP contribution is -2.50. The Kier molecular flexibility index (Phi) is 11.3. The Labute approximate surface area is 264 Å². The molecule has 4 rings (SSSR count). The molecule has 3 amide bonds. The largest absolute Gasteiger partial charge is 0.467 e. The van der Waals surface area contributed by atoms with Crippen LogP contribution in [-0.4, -0.2) is 60.9 Å². The van der Waals surface area contributed by atoms with Crippen LogP contribution >= 0.6 is 0 Å². The van der Waals surface area contributed by atoms with Crippen LogP contribution in [0.5, 0.6) is 0 Å². The van der Waals surface area contributed by atoms with E-state index in [1.807, 2.05) is 60.7 Å². The van der Waals surface area contributed by atoms with E-state index in [1.165, 1.54) is 7.11 Å². The van der Waals surface area contributed by atoms with Gasteiger partial charge in [-0.25, -0.2) is 4.79 Å². The van der Waals surface area contributed by atoms with E-state index in [4.69, 9.17) is 9.47 Å². The average molecular weight is 615 g/mol. The molecule has 1 aliphatic heterocycles. The Morgan fingerprint density at radius 2 is 1.58 bits per heavy atom. The number of carbonyl (C=O) groups excluding carboxylic acids is 4. The second kappa shape index (κ2) is 15.3. The molecule has 3 aromatic rings. The molecule has 3 N–H and O–H groups in total. The minimum Gasteiger partial charge on any atom is -0.467 e. The second-order valence-electron chi connectivity index (χ2n) is 12.0. The molecule has 238 valence electrons. The number of hydrogen-bond acceptors (Lipinski definition) is 7. The number of carbonyl (C=O) groups is 4. The van der Waals surface area contributed by atoms with Crippen LogP contribution in [0.3, 0.4) is 0 Å². The number of methoxy groups -OCH3 is 1. The van der Waals surface area contributed by atoms with Gasteiger partial charge >= 0.3 is 5.97 Å². The molecule has 3 unspecified atom stereocenters. The van der Waals surface area contributed by atoms with Gasteiger partial charge in [-0.2, -0.15) is 0 Å². The van der Waals surface area contributed by atoms with Crippen molar-refractivity contribution >= 4 is 35.1 Å². The maximum atomic E-state index is 13.9. The third-order valence-corrected chi connectivity index (χ3v) is 7.53. The zero-order chi connectivity index (χ0) is 32.4. The van der Waals surface area contributed by atoms with Gasteiger partial charge in [0.2, 0.25) is 17.7 Å². The molecular formula is C35H42N4O6. The van der Waals surface area contributed by atoms with Gasteiger partial charge in [0, 0.05) is 23.3 Å². The van der Waals surface area contributed by atoms with Crippen LogP contribution in [0.2, 0.25) is 0 Å². The first-order valence-electron chi connectivity index (χ1n) is 15.1. The second-order valence-corrected chi connectivity index (χ2v) is 12.0. The lowest BCUT2D eigenvalue weighted by atomic mass is 9.95. The van der Waals surface area contributed by atoms with E-state index in [0.717, 1.165) is 11.1 Å². The summed E-state index contributed by atoms with van der Waals surface area (Å²) in [6.07, 6.45) is 1.25. The SMILES string of the molecule is COC(=O)C1CCCN1C(=O)C(Nc1cccc(NC(=O)C(COCc2ccccc2)NC(=O)C(C)(C)C)c1)c1ccccc1. The van der Waals surface area contributed by atoms with Gasteiger partial charge < -0.3 is 30.3 Å². The van der Waals surface area contributed by atoms with Crippen LogP contribution in [0.1, 0.15) is 50.8 Å². The molecule has 0 saturated carbocycles. The van der Waals surface area contributed by atoms with Crippen molar-refractivity contribution in [2.45, 2.75) is 58.3 Å². The molecular weight excluding hydrogens is 572 g/mol. The van der Waals surface area contributed by atoms with Crippen molar-refractivity contribution in [3.63, 3.8) is 0 Å². The quantitative estimate of drug-likeness (QED) is 0.253. The summed E-state index contributed by atoms with van der Waals surface area (Å²) in [6, 6.07) is 23.5. The number of likely N-dealkylation sites (tertiary alicyclic amines) is 1. The summed E-state index contributed by atoms with van der Waals surface area (Å²) in [4.78, 5) is 54.1. The zero-order valence-electron chi connectivity index (χ0n) is 26.2.